The summed E-state index contributed by atoms with van der Waals surface area (Å²) in [5.41, 5.74) is 6.22. The molecule has 0 radical (unpaired) electrons. The van der Waals surface area contributed by atoms with Crippen molar-refractivity contribution in [3.8, 4) is 18.2 Å². The van der Waals surface area contributed by atoms with E-state index in [0.717, 1.165) is 49.0 Å². The maximum atomic E-state index is 9.98. The Morgan fingerprint density at radius 3 is 2.69 bits per heavy atom. The number of rotatable bonds is 4. The van der Waals surface area contributed by atoms with Crippen LogP contribution in [0.2, 0.25) is 0 Å². The number of unbranched alkanes of at least 4 members (excludes halogenated alkanes) is 1. The van der Waals surface area contributed by atoms with E-state index in [0.29, 0.717) is 5.57 Å². The van der Waals surface area contributed by atoms with Gasteiger partial charge in [0, 0.05) is 15.7 Å². The van der Waals surface area contributed by atoms with Crippen LogP contribution >= 0.6 is 11.3 Å². The molecule has 0 fully saturated rings. The summed E-state index contributed by atoms with van der Waals surface area (Å²) in [4.78, 5) is 2.32. The molecule has 2 atom stereocenters. The molecule has 2 N–H and O–H groups in total. The Morgan fingerprint density at radius 2 is 2.04 bits per heavy atom. The van der Waals surface area contributed by atoms with Gasteiger partial charge in [-0.3, -0.25) is 0 Å². The summed E-state index contributed by atoms with van der Waals surface area (Å²) in [5.74, 6) is -0.302. The molecule has 2 unspecified atom stereocenters. The van der Waals surface area contributed by atoms with E-state index in [4.69, 9.17) is 5.73 Å². The highest BCUT2D eigenvalue weighted by molar-refractivity contribution is 7.12. The molecule has 1 heterocycles. The average molecular weight is 363 g/mol. The third-order valence-electron chi connectivity index (χ3n) is 5.56. The number of fused-ring (bicyclic) bond motifs is 1. The van der Waals surface area contributed by atoms with Gasteiger partial charge >= 0.3 is 0 Å². The lowest BCUT2D eigenvalue weighted by Gasteiger charge is -2.42. The molecule has 132 valence electrons. The summed E-state index contributed by atoms with van der Waals surface area (Å²) in [6.07, 6.45) is 8.15. The minimum atomic E-state index is -1.47. The largest absolute Gasteiger partial charge is 0.399 e. The first-order chi connectivity index (χ1) is 12.6. The van der Waals surface area contributed by atoms with Crippen LogP contribution in [-0.4, -0.2) is 0 Å². The average Bonchev–Trinajstić information content (AvgIpc) is 3.14. The van der Waals surface area contributed by atoms with Crippen LogP contribution in [0.4, 0.5) is 0 Å². The molecule has 0 aromatic carbocycles. The predicted molar refractivity (Wildman–Crippen MR) is 102 cm³/mol. The highest BCUT2D eigenvalue weighted by Gasteiger charge is 2.54. The van der Waals surface area contributed by atoms with Crippen molar-refractivity contribution in [2.45, 2.75) is 51.4 Å². The zero-order valence-corrected chi connectivity index (χ0v) is 15.8. The van der Waals surface area contributed by atoms with E-state index in [-0.39, 0.29) is 17.5 Å². The molecule has 0 amide bonds. The Bertz CT molecular complexity index is 870. The van der Waals surface area contributed by atoms with Crippen LogP contribution < -0.4 is 5.73 Å². The molecule has 0 saturated heterocycles. The second kappa shape index (κ2) is 7.36. The van der Waals surface area contributed by atoms with E-state index in [1.54, 1.807) is 11.3 Å². The summed E-state index contributed by atoms with van der Waals surface area (Å²) >= 11 is 1.69. The maximum Gasteiger partial charge on any atom is 0.192 e. The molecule has 0 bridgehead atoms. The van der Waals surface area contributed by atoms with Crippen molar-refractivity contribution in [1.29, 1.82) is 15.8 Å². The molecule has 26 heavy (non-hydrogen) atoms. The fourth-order valence-electron chi connectivity index (χ4n) is 4.23. The van der Waals surface area contributed by atoms with Crippen LogP contribution in [0.25, 0.3) is 0 Å². The Morgan fingerprint density at radius 1 is 1.27 bits per heavy atom. The Hall–Kier alpha value is -2.55. The van der Waals surface area contributed by atoms with Crippen molar-refractivity contribution in [1.82, 2.24) is 0 Å². The Kier molecular flexibility index (Phi) is 5.17. The second-order valence-electron chi connectivity index (χ2n) is 7.01. The molecule has 0 aliphatic heterocycles. The Labute approximate surface area is 158 Å². The van der Waals surface area contributed by atoms with Crippen LogP contribution in [-0.2, 0) is 6.42 Å². The smallest absolute Gasteiger partial charge is 0.192 e. The number of allylic oxidation sites excluding steroid dienone is 4. The molecular weight excluding hydrogens is 340 g/mol. The van der Waals surface area contributed by atoms with E-state index in [9.17, 15) is 15.8 Å². The first kappa shape index (κ1) is 18.2. The number of nitrogens with zero attached hydrogens (tertiary/aromatic N) is 3. The van der Waals surface area contributed by atoms with E-state index < -0.39 is 5.41 Å². The zero-order valence-electron chi connectivity index (χ0n) is 15.0. The summed E-state index contributed by atoms with van der Waals surface area (Å²) in [7, 11) is 0. The van der Waals surface area contributed by atoms with Gasteiger partial charge in [0.05, 0.1) is 23.4 Å². The molecule has 1 aromatic rings. The van der Waals surface area contributed by atoms with Crippen LogP contribution in [0.3, 0.4) is 0 Å². The molecule has 0 saturated carbocycles. The van der Waals surface area contributed by atoms with E-state index in [1.165, 1.54) is 4.88 Å². The second-order valence-corrected chi connectivity index (χ2v) is 8.21. The number of aryl methyl sites for hydroxylation is 1. The summed E-state index contributed by atoms with van der Waals surface area (Å²) in [5, 5.41) is 29.6. The first-order valence-corrected chi connectivity index (χ1v) is 9.96. The molecule has 2 aliphatic carbocycles. The summed E-state index contributed by atoms with van der Waals surface area (Å²) in [6, 6.07) is 10.7. The Balaban J connectivity index is 2.17. The number of nitriles is 3. The minimum absolute atomic E-state index is 0.00248. The third-order valence-corrected chi connectivity index (χ3v) is 6.79. The number of thiophene rings is 1. The molecule has 3 rings (SSSR count). The van der Waals surface area contributed by atoms with Gasteiger partial charge in [0.1, 0.15) is 6.07 Å². The third kappa shape index (κ3) is 2.72. The van der Waals surface area contributed by atoms with Crippen LogP contribution in [0.1, 0.15) is 54.7 Å². The maximum absolute atomic E-state index is 9.98. The van der Waals surface area contributed by atoms with Crippen LogP contribution in [0.15, 0.2) is 35.1 Å². The van der Waals surface area contributed by atoms with Gasteiger partial charge in [0.15, 0.2) is 5.41 Å². The van der Waals surface area contributed by atoms with Gasteiger partial charge in [-0.2, -0.15) is 15.8 Å². The fourth-order valence-corrected chi connectivity index (χ4v) is 5.52. The summed E-state index contributed by atoms with van der Waals surface area (Å²) in [6.45, 7) is 2.17. The molecule has 2 aliphatic rings. The number of hydrogen-bond donors (Lipinski definition) is 1. The van der Waals surface area contributed by atoms with Gasteiger partial charge in [0.2, 0.25) is 0 Å². The SMILES string of the molecule is CCCCc1ccc(C2C3CCCC=C3C(C#N)=C(N)C2(C#N)C#N)s1. The fraction of sp³-hybridized carbons (Fsp3) is 0.476. The highest BCUT2D eigenvalue weighted by Crippen LogP contribution is 2.56. The van der Waals surface area contributed by atoms with Crippen LogP contribution in [0.5, 0.6) is 0 Å². The first-order valence-electron chi connectivity index (χ1n) is 9.14. The molecule has 0 spiro atoms. The lowest BCUT2D eigenvalue weighted by Crippen LogP contribution is -2.42. The van der Waals surface area contributed by atoms with E-state index in [2.05, 4.69) is 43.3 Å². The quantitative estimate of drug-likeness (QED) is 0.840. The zero-order chi connectivity index (χ0) is 18.7. The monoisotopic (exact) mass is 362 g/mol. The van der Waals surface area contributed by atoms with Gasteiger partial charge < -0.3 is 5.73 Å². The van der Waals surface area contributed by atoms with Crippen molar-refractivity contribution in [3.05, 3.63) is 44.8 Å². The van der Waals surface area contributed by atoms with Crippen molar-refractivity contribution in [2.75, 3.05) is 0 Å². The lowest BCUT2D eigenvalue weighted by molar-refractivity contribution is 0.321. The number of nitrogens with two attached hydrogens (primary N) is 1. The molecule has 1 aromatic heterocycles. The molecule has 5 heteroatoms. The van der Waals surface area contributed by atoms with Gasteiger partial charge in [-0.05, 0) is 55.7 Å². The minimum Gasteiger partial charge on any atom is -0.399 e. The van der Waals surface area contributed by atoms with Gasteiger partial charge in [-0.15, -0.1) is 11.3 Å². The molecular formula is C21H22N4S. The van der Waals surface area contributed by atoms with Crippen molar-refractivity contribution in [3.63, 3.8) is 0 Å². The van der Waals surface area contributed by atoms with Crippen molar-refractivity contribution in [2.24, 2.45) is 17.1 Å². The lowest BCUT2D eigenvalue weighted by atomic mass is 9.58. The topological polar surface area (TPSA) is 97.4 Å². The van der Waals surface area contributed by atoms with E-state index >= 15 is 0 Å². The van der Waals surface area contributed by atoms with Gasteiger partial charge in [-0.25, -0.2) is 0 Å². The number of hydrogen-bond acceptors (Lipinski definition) is 5. The van der Waals surface area contributed by atoms with Crippen molar-refractivity contribution < 1.29 is 0 Å². The standard InChI is InChI=1S/C21H22N4S/c1-2-3-6-14-9-10-18(26-14)19-16-8-5-4-7-15(16)17(11-22)20(25)21(19,12-23)13-24/h7,9-10,16,19H,2-6,8,25H2,1H3. The predicted octanol–water partition coefficient (Wildman–Crippen LogP) is 4.68. The van der Waals surface area contributed by atoms with E-state index in [1.807, 2.05) is 0 Å². The normalized spacial score (nSPS) is 24.0. The van der Waals surface area contributed by atoms with Crippen LogP contribution in [0, 0.1) is 45.3 Å². The van der Waals surface area contributed by atoms with Gasteiger partial charge in [0.25, 0.3) is 0 Å². The van der Waals surface area contributed by atoms with Crippen molar-refractivity contribution >= 4 is 11.3 Å². The molecule has 4 nitrogen and oxygen atoms in total. The highest BCUT2D eigenvalue weighted by atomic mass is 32.1. The van der Waals surface area contributed by atoms with Gasteiger partial charge in [-0.1, -0.05) is 19.4 Å². The summed E-state index contributed by atoms with van der Waals surface area (Å²) < 4.78 is 0.